The number of hydrogen-bond donors (Lipinski definition) is 3. The third-order valence-corrected chi connectivity index (χ3v) is 3.04. The Morgan fingerprint density at radius 1 is 0.952 bits per heavy atom. The van der Waals surface area contributed by atoms with E-state index in [9.17, 15) is 0 Å². The van der Waals surface area contributed by atoms with Crippen molar-refractivity contribution in [3.05, 3.63) is 54.6 Å². The van der Waals surface area contributed by atoms with Crippen molar-refractivity contribution >= 4 is 34.4 Å². The van der Waals surface area contributed by atoms with Crippen molar-refractivity contribution in [1.29, 1.82) is 0 Å². The number of rotatable bonds is 6. The summed E-state index contributed by atoms with van der Waals surface area (Å²) < 4.78 is 4.96. The largest absolute Gasteiger partial charge is 0.383 e. The number of hydrogen-bond acceptors (Lipinski definition) is 3. The first kappa shape index (κ1) is 15.3. The molecule has 110 valence electrons. The van der Waals surface area contributed by atoms with Crippen LogP contribution in [0.15, 0.2) is 54.6 Å². The van der Waals surface area contributed by atoms with Gasteiger partial charge in [-0.2, -0.15) is 0 Å². The van der Waals surface area contributed by atoms with Gasteiger partial charge in [-0.05, 0) is 48.6 Å². The molecule has 4 nitrogen and oxygen atoms in total. The zero-order chi connectivity index (χ0) is 14.9. The predicted molar refractivity (Wildman–Crippen MR) is 92.3 cm³/mol. The smallest absolute Gasteiger partial charge is 0.170 e. The van der Waals surface area contributed by atoms with Crippen LogP contribution >= 0.6 is 12.2 Å². The maximum atomic E-state index is 5.19. The van der Waals surface area contributed by atoms with Crippen molar-refractivity contribution in [3.63, 3.8) is 0 Å². The molecular formula is C16H19N3OS. The molecule has 0 bridgehead atoms. The van der Waals surface area contributed by atoms with E-state index in [1.165, 1.54) is 0 Å². The van der Waals surface area contributed by atoms with E-state index in [0.29, 0.717) is 18.3 Å². The second-order valence-corrected chi connectivity index (χ2v) is 4.85. The molecule has 0 aliphatic rings. The van der Waals surface area contributed by atoms with Gasteiger partial charge in [0.15, 0.2) is 5.11 Å². The van der Waals surface area contributed by atoms with Crippen LogP contribution in [0, 0.1) is 0 Å². The number of benzene rings is 2. The SMILES string of the molecule is COCCNC(=S)Nc1ccc(Nc2ccccc2)cc1. The second kappa shape index (κ2) is 8.24. The Hall–Kier alpha value is -2.11. The Labute approximate surface area is 130 Å². The Morgan fingerprint density at radius 3 is 2.24 bits per heavy atom. The zero-order valence-electron chi connectivity index (χ0n) is 11.9. The molecule has 2 aromatic rings. The van der Waals surface area contributed by atoms with Crippen LogP contribution in [-0.2, 0) is 4.74 Å². The minimum atomic E-state index is 0.593. The average Bonchev–Trinajstić information content (AvgIpc) is 2.51. The van der Waals surface area contributed by atoms with Crippen molar-refractivity contribution in [2.45, 2.75) is 0 Å². The van der Waals surface area contributed by atoms with Crippen molar-refractivity contribution < 1.29 is 4.74 Å². The highest BCUT2D eigenvalue weighted by molar-refractivity contribution is 7.80. The van der Waals surface area contributed by atoms with Crippen LogP contribution in [0.5, 0.6) is 0 Å². The molecule has 3 N–H and O–H groups in total. The van der Waals surface area contributed by atoms with Gasteiger partial charge < -0.3 is 20.7 Å². The normalized spacial score (nSPS) is 9.95. The number of thiocarbonyl (C=S) groups is 1. The fraction of sp³-hybridized carbons (Fsp3) is 0.188. The molecule has 0 saturated carbocycles. The summed E-state index contributed by atoms with van der Waals surface area (Å²) in [5.41, 5.74) is 3.04. The highest BCUT2D eigenvalue weighted by Gasteiger charge is 1.98. The molecule has 0 unspecified atom stereocenters. The maximum absolute atomic E-state index is 5.19. The van der Waals surface area contributed by atoms with Gasteiger partial charge in [0.2, 0.25) is 0 Å². The molecule has 0 saturated heterocycles. The van der Waals surface area contributed by atoms with Crippen LogP contribution in [0.1, 0.15) is 0 Å². The first-order chi connectivity index (χ1) is 10.3. The van der Waals surface area contributed by atoms with E-state index < -0.39 is 0 Å². The summed E-state index contributed by atoms with van der Waals surface area (Å²) in [5.74, 6) is 0. The monoisotopic (exact) mass is 301 g/mol. The summed E-state index contributed by atoms with van der Waals surface area (Å²) in [6, 6.07) is 18.0. The summed E-state index contributed by atoms with van der Waals surface area (Å²) in [5, 5.41) is 10.1. The Bertz CT molecular complexity index is 557. The van der Waals surface area contributed by atoms with Gasteiger partial charge in [-0.25, -0.2) is 0 Å². The van der Waals surface area contributed by atoms with Crippen LogP contribution in [0.4, 0.5) is 17.1 Å². The highest BCUT2D eigenvalue weighted by Crippen LogP contribution is 2.18. The van der Waals surface area contributed by atoms with Gasteiger partial charge in [0.25, 0.3) is 0 Å². The number of anilines is 3. The lowest BCUT2D eigenvalue weighted by atomic mass is 10.2. The Kier molecular flexibility index (Phi) is 5.99. The summed E-state index contributed by atoms with van der Waals surface area (Å²) in [6.07, 6.45) is 0. The first-order valence-corrected chi connectivity index (χ1v) is 7.14. The summed E-state index contributed by atoms with van der Waals surface area (Å²) in [6.45, 7) is 1.32. The van der Waals surface area contributed by atoms with E-state index in [4.69, 9.17) is 17.0 Å². The lowest BCUT2D eigenvalue weighted by molar-refractivity contribution is 0.204. The maximum Gasteiger partial charge on any atom is 0.170 e. The minimum absolute atomic E-state index is 0.593. The number of methoxy groups -OCH3 is 1. The van der Waals surface area contributed by atoms with E-state index in [0.717, 1.165) is 17.1 Å². The highest BCUT2D eigenvalue weighted by atomic mass is 32.1. The van der Waals surface area contributed by atoms with E-state index >= 15 is 0 Å². The molecule has 5 heteroatoms. The molecule has 0 aliphatic heterocycles. The molecule has 0 fully saturated rings. The fourth-order valence-corrected chi connectivity index (χ4v) is 1.99. The van der Waals surface area contributed by atoms with Crippen LogP contribution in [0.2, 0.25) is 0 Å². The van der Waals surface area contributed by atoms with E-state index in [1.807, 2.05) is 54.6 Å². The summed E-state index contributed by atoms with van der Waals surface area (Å²) >= 11 is 5.19. The lowest BCUT2D eigenvalue weighted by Gasteiger charge is -2.11. The average molecular weight is 301 g/mol. The second-order valence-electron chi connectivity index (χ2n) is 4.44. The third-order valence-electron chi connectivity index (χ3n) is 2.80. The van der Waals surface area contributed by atoms with Gasteiger partial charge in [-0.1, -0.05) is 18.2 Å². The van der Waals surface area contributed by atoms with Crippen LogP contribution < -0.4 is 16.0 Å². The molecular weight excluding hydrogens is 282 g/mol. The van der Waals surface area contributed by atoms with Crippen LogP contribution in [-0.4, -0.2) is 25.4 Å². The standard InChI is InChI=1S/C16H19N3OS/c1-20-12-11-17-16(21)19-15-9-7-14(8-10-15)18-13-5-3-2-4-6-13/h2-10,18H,11-12H2,1H3,(H2,17,19,21). The van der Waals surface area contributed by atoms with Gasteiger partial charge in [0.1, 0.15) is 0 Å². The van der Waals surface area contributed by atoms with E-state index in [1.54, 1.807) is 7.11 Å². The molecule has 2 aromatic carbocycles. The molecule has 0 heterocycles. The first-order valence-electron chi connectivity index (χ1n) is 6.74. The molecule has 0 aliphatic carbocycles. The number of ether oxygens (including phenoxy) is 1. The Balaban J connectivity index is 1.85. The van der Waals surface area contributed by atoms with Crippen molar-refractivity contribution in [2.75, 3.05) is 30.9 Å². The van der Waals surface area contributed by atoms with Crippen molar-refractivity contribution in [2.24, 2.45) is 0 Å². The number of nitrogens with one attached hydrogen (secondary N) is 3. The molecule has 0 radical (unpaired) electrons. The van der Waals surface area contributed by atoms with Gasteiger partial charge >= 0.3 is 0 Å². The van der Waals surface area contributed by atoms with E-state index in [2.05, 4.69) is 16.0 Å². The number of para-hydroxylation sites is 1. The van der Waals surface area contributed by atoms with Gasteiger partial charge in [-0.15, -0.1) is 0 Å². The molecule has 21 heavy (non-hydrogen) atoms. The van der Waals surface area contributed by atoms with Crippen molar-refractivity contribution in [3.8, 4) is 0 Å². The van der Waals surface area contributed by atoms with Crippen LogP contribution in [0.25, 0.3) is 0 Å². The molecule has 0 aromatic heterocycles. The lowest BCUT2D eigenvalue weighted by Crippen LogP contribution is -2.31. The molecule has 0 amide bonds. The Morgan fingerprint density at radius 2 is 1.57 bits per heavy atom. The zero-order valence-corrected chi connectivity index (χ0v) is 12.7. The van der Waals surface area contributed by atoms with Gasteiger partial charge in [-0.3, -0.25) is 0 Å². The third kappa shape index (κ3) is 5.41. The van der Waals surface area contributed by atoms with Gasteiger partial charge in [0.05, 0.1) is 6.61 Å². The van der Waals surface area contributed by atoms with E-state index in [-0.39, 0.29) is 0 Å². The molecule has 0 atom stereocenters. The summed E-state index contributed by atoms with van der Waals surface area (Å²) in [7, 11) is 1.66. The molecule has 0 spiro atoms. The summed E-state index contributed by atoms with van der Waals surface area (Å²) in [4.78, 5) is 0. The van der Waals surface area contributed by atoms with Crippen LogP contribution in [0.3, 0.4) is 0 Å². The topological polar surface area (TPSA) is 45.3 Å². The molecule has 2 rings (SSSR count). The minimum Gasteiger partial charge on any atom is -0.383 e. The van der Waals surface area contributed by atoms with Crippen molar-refractivity contribution in [1.82, 2.24) is 5.32 Å². The van der Waals surface area contributed by atoms with Gasteiger partial charge in [0, 0.05) is 30.7 Å². The quantitative estimate of drug-likeness (QED) is 0.564. The predicted octanol–water partition coefficient (Wildman–Crippen LogP) is 3.36. The fourth-order valence-electron chi connectivity index (χ4n) is 1.77.